The van der Waals surface area contributed by atoms with Crippen LogP contribution in [0.25, 0.3) is 0 Å². The van der Waals surface area contributed by atoms with Gasteiger partial charge in [-0.05, 0) is 18.5 Å². The summed E-state index contributed by atoms with van der Waals surface area (Å²) >= 11 is 11.5. The molecule has 1 atom stereocenters. The maximum Gasteiger partial charge on any atom is 0.224 e. The van der Waals surface area contributed by atoms with Gasteiger partial charge >= 0.3 is 0 Å². The monoisotopic (exact) mass is 279 g/mol. The second-order valence-corrected chi connectivity index (χ2v) is 4.67. The number of halogens is 2. The van der Waals surface area contributed by atoms with E-state index in [9.17, 15) is 5.11 Å². The van der Waals surface area contributed by atoms with Crippen LogP contribution in [-0.2, 0) is 4.74 Å². The highest BCUT2D eigenvalue weighted by Crippen LogP contribution is 2.20. The molecule has 0 radical (unpaired) electrons. The number of aromatic nitrogens is 2. The van der Waals surface area contributed by atoms with Crippen molar-refractivity contribution >= 4 is 29.0 Å². The van der Waals surface area contributed by atoms with Crippen molar-refractivity contribution in [2.24, 2.45) is 0 Å². The molecule has 0 spiro atoms. The minimum Gasteiger partial charge on any atom is -0.388 e. The summed E-state index contributed by atoms with van der Waals surface area (Å²) in [6.07, 6.45) is 1.91. The van der Waals surface area contributed by atoms with E-state index in [1.54, 1.807) is 14.0 Å². The third-order valence-corrected chi connectivity index (χ3v) is 2.65. The molecule has 0 aliphatic heterocycles. The van der Waals surface area contributed by atoms with E-state index >= 15 is 0 Å². The smallest absolute Gasteiger partial charge is 0.224 e. The van der Waals surface area contributed by atoms with Crippen LogP contribution in [-0.4, -0.2) is 40.9 Å². The standard InChI is InChI=1S/C10H15Cl2N3O2/c1-10(16,3-4-17-2)6-14-8-7(11)5-13-9(12)15-8/h5,16H,3-4,6H2,1-2H3,(H,13,14,15). The number of nitrogens with one attached hydrogen (secondary N) is 1. The topological polar surface area (TPSA) is 67.3 Å². The Morgan fingerprint density at radius 2 is 2.24 bits per heavy atom. The maximum absolute atomic E-state index is 10.0. The first kappa shape index (κ1) is 14.4. The van der Waals surface area contributed by atoms with Crippen LogP contribution in [0, 0.1) is 0 Å². The number of aliphatic hydroxyl groups is 1. The molecule has 0 saturated heterocycles. The Labute approximate surface area is 110 Å². The lowest BCUT2D eigenvalue weighted by Crippen LogP contribution is -2.35. The highest BCUT2D eigenvalue weighted by molar-refractivity contribution is 6.33. The molecule has 1 aromatic rings. The average molecular weight is 280 g/mol. The third kappa shape index (κ3) is 5.04. The number of nitrogens with zero attached hydrogens (tertiary/aromatic N) is 2. The Kier molecular flexibility index (Phi) is 5.39. The average Bonchev–Trinajstić information content (AvgIpc) is 2.28. The zero-order valence-electron chi connectivity index (χ0n) is 9.70. The molecule has 96 valence electrons. The molecule has 5 nitrogen and oxygen atoms in total. The van der Waals surface area contributed by atoms with Gasteiger partial charge in [-0.25, -0.2) is 4.98 Å². The van der Waals surface area contributed by atoms with E-state index in [0.717, 1.165) is 0 Å². The number of rotatable bonds is 6. The molecule has 2 N–H and O–H groups in total. The lowest BCUT2D eigenvalue weighted by atomic mass is 10.0. The molecular formula is C10H15Cl2N3O2. The Hall–Kier alpha value is -0.620. The zero-order chi connectivity index (χ0) is 12.9. The molecular weight excluding hydrogens is 265 g/mol. The molecule has 0 fully saturated rings. The van der Waals surface area contributed by atoms with Crippen molar-refractivity contribution < 1.29 is 9.84 Å². The van der Waals surface area contributed by atoms with E-state index < -0.39 is 5.60 Å². The van der Waals surface area contributed by atoms with Gasteiger partial charge in [0.1, 0.15) is 10.8 Å². The van der Waals surface area contributed by atoms with Gasteiger partial charge < -0.3 is 15.2 Å². The summed E-state index contributed by atoms with van der Waals surface area (Å²) in [5.74, 6) is 0.407. The molecule has 1 heterocycles. The van der Waals surface area contributed by atoms with Gasteiger partial charge in [0.15, 0.2) is 0 Å². The van der Waals surface area contributed by atoms with Crippen LogP contribution in [0.2, 0.25) is 10.3 Å². The summed E-state index contributed by atoms with van der Waals surface area (Å²) in [6, 6.07) is 0. The minimum absolute atomic E-state index is 0.105. The van der Waals surface area contributed by atoms with Crippen LogP contribution in [0.5, 0.6) is 0 Å². The third-order valence-electron chi connectivity index (χ3n) is 2.20. The normalized spacial score (nSPS) is 14.4. The van der Waals surface area contributed by atoms with Crippen molar-refractivity contribution in [3.05, 3.63) is 16.5 Å². The van der Waals surface area contributed by atoms with Crippen LogP contribution in [0.4, 0.5) is 5.82 Å². The summed E-state index contributed by atoms with van der Waals surface area (Å²) in [5, 5.41) is 13.4. The summed E-state index contributed by atoms with van der Waals surface area (Å²) in [7, 11) is 1.59. The molecule has 0 aliphatic rings. The molecule has 0 aliphatic carbocycles. The summed E-state index contributed by atoms with van der Waals surface area (Å²) in [5.41, 5.74) is -0.906. The molecule has 7 heteroatoms. The number of hydrogen-bond acceptors (Lipinski definition) is 5. The fourth-order valence-corrected chi connectivity index (χ4v) is 1.45. The molecule has 0 saturated carbocycles. The van der Waals surface area contributed by atoms with Gasteiger partial charge in [0.05, 0.1) is 11.8 Å². The van der Waals surface area contributed by atoms with Gasteiger partial charge in [-0.1, -0.05) is 11.6 Å². The highest BCUT2D eigenvalue weighted by Gasteiger charge is 2.20. The molecule has 17 heavy (non-hydrogen) atoms. The van der Waals surface area contributed by atoms with Gasteiger partial charge in [0, 0.05) is 26.7 Å². The van der Waals surface area contributed by atoms with Crippen LogP contribution in [0.1, 0.15) is 13.3 Å². The summed E-state index contributed by atoms with van der Waals surface area (Å²) in [6.45, 7) is 2.48. The van der Waals surface area contributed by atoms with Crippen molar-refractivity contribution in [3.63, 3.8) is 0 Å². The van der Waals surface area contributed by atoms with Gasteiger partial charge in [-0.15, -0.1) is 0 Å². The molecule has 0 amide bonds. The van der Waals surface area contributed by atoms with Crippen LogP contribution in [0.3, 0.4) is 0 Å². The molecule has 0 aromatic carbocycles. The van der Waals surface area contributed by atoms with Gasteiger partial charge in [-0.3, -0.25) is 0 Å². The van der Waals surface area contributed by atoms with E-state index in [1.165, 1.54) is 6.20 Å². The lowest BCUT2D eigenvalue weighted by Gasteiger charge is -2.23. The van der Waals surface area contributed by atoms with Crippen LogP contribution in [0.15, 0.2) is 6.20 Å². The highest BCUT2D eigenvalue weighted by atomic mass is 35.5. The van der Waals surface area contributed by atoms with E-state index in [4.69, 9.17) is 27.9 Å². The van der Waals surface area contributed by atoms with E-state index in [1.807, 2.05) is 0 Å². The Morgan fingerprint density at radius 1 is 1.53 bits per heavy atom. The second-order valence-electron chi connectivity index (χ2n) is 3.93. The van der Waals surface area contributed by atoms with E-state index in [0.29, 0.717) is 30.4 Å². The predicted molar refractivity (Wildman–Crippen MR) is 67.7 cm³/mol. The minimum atomic E-state index is -0.906. The lowest BCUT2D eigenvalue weighted by molar-refractivity contribution is 0.0357. The molecule has 0 bridgehead atoms. The SMILES string of the molecule is COCCC(C)(O)CNc1nc(Cl)ncc1Cl. The summed E-state index contributed by atoms with van der Waals surface area (Å²) < 4.78 is 4.91. The van der Waals surface area contributed by atoms with Crippen molar-refractivity contribution in [3.8, 4) is 0 Å². The van der Waals surface area contributed by atoms with Crippen LogP contribution < -0.4 is 5.32 Å². The van der Waals surface area contributed by atoms with Crippen molar-refractivity contribution in [2.45, 2.75) is 18.9 Å². The number of ether oxygens (including phenoxy) is 1. The quantitative estimate of drug-likeness (QED) is 0.780. The van der Waals surface area contributed by atoms with Crippen LogP contribution >= 0.6 is 23.2 Å². The van der Waals surface area contributed by atoms with Gasteiger partial charge in [0.2, 0.25) is 5.28 Å². The Morgan fingerprint density at radius 3 is 2.88 bits per heavy atom. The largest absolute Gasteiger partial charge is 0.388 e. The second kappa shape index (κ2) is 6.35. The maximum atomic E-state index is 10.0. The molecule has 1 unspecified atom stereocenters. The first-order chi connectivity index (χ1) is 7.94. The van der Waals surface area contributed by atoms with Gasteiger partial charge in [-0.2, -0.15) is 4.98 Å². The van der Waals surface area contributed by atoms with Crippen molar-refractivity contribution in [2.75, 3.05) is 25.6 Å². The first-order valence-electron chi connectivity index (χ1n) is 5.08. The first-order valence-corrected chi connectivity index (χ1v) is 5.83. The van der Waals surface area contributed by atoms with E-state index in [2.05, 4.69) is 15.3 Å². The van der Waals surface area contributed by atoms with E-state index in [-0.39, 0.29) is 5.28 Å². The number of methoxy groups -OCH3 is 1. The predicted octanol–water partition coefficient (Wildman–Crippen LogP) is 1.98. The van der Waals surface area contributed by atoms with Crippen molar-refractivity contribution in [1.82, 2.24) is 9.97 Å². The fraction of sp³-hybridized carbons (Fsp3) is 0.600. The summed E-state index contributed by atoms with van der Waals surface area (Å²) in [4.78, 5) is 7.66. The Balaban J connectivity index is 2.57. The number of anilines is 1. The van der Waals surface area contributed by atoms with Gasteiger partial charge in [0.25, 0.3) is 0 Å². The molecule has 1 rings (SSSR count). The van der Waals surface area contributed by atoms with Crippen molar-refractivity contribution in [1.29, 1.82) is 0 Å². The number of hydrogen-bond donors (Lipinski definition) is 2. The zero-order valence-corrected chi connectivity index (χ0v) is 11.2. The fourth-order valence-electron chi connectivity index (χ4n) is 1.15. The Bertz CT molecular complexity index is 375. The molecule has 1 aromatic heterocycles.